The quantitative estimate of drug-likeness (QED) is 0.940. The van der Waals surface area contributed by atoms with E-state index in [4.69, 9.17) is 4.52 Å². The lowest BCUT2D eigenvalue weighted by Crippen LogP contribution is -2.40. The van der Waals surface area contributed by atoms with Gasteiger partial charge in [-0.3, -0.25) is 9.48 Å². The molecule has 2 heterocycles. The Balaban J connectivity index is 1.49. The number of hydrogen-bond acceptors (Lipinski definition) is 4. The minimum Gasteiger partial charge on any atom is -0.360 e. The molecule has 6 heteroatoms. The van der Waals surface area contributed by atoms with Gasteiger partial charge in [0.25, 0.3) is 5.91 Å². The molecule has 1 unspecified atom stereocenters. The normalized spacial score (nSPS) is 19.9. The van der Waals surface area contributed by atoms with Crippen molar-refractivity contribution in [2.75, 3.05) is 0 Å². The van der Waals surface area contributed by atoms with Gasteiger partial charge in [-0.05, 0) is 51.5 Å². The van der Waals surface area contributed by atoms with Gasteiger partial charge < -0.3 is 9.84 Å². The highest BCUT2D eigenvalue weighted by Crippen LogP contribution is 2.26. The van der Waals surface area contributed by atoms with Gasteiger partial charge in [-0.2, -0.15) is 5.10 Å². The predicted molar refractivity (Wildman–Crippen MR) is 89.0 cm³/mol. The van der Waals surface area contributed by atoms with Gasteiger partial charge in [-0.1, -0.05) is 5.16 Å². The van der Waals surface area contributed by atoms with Crippen molar-refractivity contribution in [1.82, 2.24) is 20.3 Å². The number of aromatic nitrogens is 3. The minimum atomic E-state index is -0.0917. The summed E-state index contributed by atoms with van der Waals surface area (Å²) >= 11 is 0. The Morgan fingerprint density at radius 3 is 3.00 bits per heavy atom. The van der Waals surface area contributed by atoms with E-state index in [1.165, 1.54) is 11.3 Å². The first kappa shape index (κ1) is 15.4. The van der Waals surface area contributed by atoms with Crippen molar-refractivity contribution in [3.63, 3.8) is 0 Å². The van der Waals surface area contributed by atoms with E-state index in [1.807, 2.05) is 6.20 Å². The fraction of sp³-hybridized carbons (Fsp3) is 0.611. The molecule has 2 aliphatic rings. The van der Waals surface area contributed by atoms with Crippen LogP contribution in [0.2, 0.25) is 0 Å². The SMILES string of the molecule is CC(C)n1ncc2c1CC(NC(=O)c1noc3c1CCCC3)CC2. The van der Waals surface area contributed by atoms with Gasteiger partial charge in [-0.25, -0.2) is 0 Å². The van der Waals surface area contributed by atoms with Crippen molar-refractivity contribution in [1.29, 1.82) is 0 Å². The standard InChI is InChI=1S/C18H24N4O2/c1-11(2)22-15-9-13(8-7-12(15)10-19-22)20-18(23)17-14-5-3-4-6-16(14)24-21-17/h10-11,13H,3-9H2,1-2H3,(H,20,23). The van der Waals surface area contributed by atoms with E-state index >= 15 is 0 Å². The number of rotatable bonds is 3. The lowest BCUT2D eigenvalue weighted by molar-refractivity contribution is 0.0923. The number of amides is 1. The second kappa shape index (κ2) is 6.07. The Kier molecular flexibility index (Phi) is 3.90. The Morgan fingerprint density at radius 2 is 2.17 bits per heavy atom. The second-order valence-corrected chi connectivity index (χ2v) is 7.21. The summed E-state index contributed by atoms with van der Waals surface area (Å²) in [6, 6.07) is 0.473. The van der Waals surface area contributed by atoms with Crippen LogP contribution in [-0.4, -0.2) is 26.9 Å². The molecular weight excluding hydrogens is 304 g/mol. The number of nitrogens with one attached hydrogen (secondary N) is 1. The van der Waals surface area contributed by atoms with Crippen LogP contribution < -0.4 is 5.32 Å². The lowest BCUT2D eigenvalue weighted by atomic mass is 9.92. The van der Waals surface area contributed by atoms with Gasteiger partial charge in [0.15, 0.2) is 5.69 Å². The maximum Gasteiger partial charge on any atom is 0.273 e. The highest BCUT2D eigenvalue weighted by atomic mass is 16.5. The second-order valence-electron chi connectivity index (χ2n) is 7.21. The van der Waals surface area contributed by atoms with Crippen LogP contribution in [0.4, 0.5) is 0 Å². The minimum absolute atomic E-state index is 0.0917. The molecular formula is C18H24N4O2. The summed E-state index contributed by atoms with van der Waals surface area (Å²) in [7, 11) is 0. The van der Waals surface area contributed by atoms with Gasteiger partial charge in [0.05, 0.1) is 6.20 Å². The highest BCUT2D eigenvalue weighted by Gasteiger charge is 2.28. The zero-order valence-corrected chi connectivity index (χ0v) is 14.3. The predicted octanol–water partition coefficient (Wildman–Crippen LogP) is 2.62. The van der Waals surface area contributed by atoms with E-state index in [2.05, 4.69) is 34.1 Å². The average molecular weight is 328 g/mol. The van der Waals surface area contributed by atoms with Crippen molar-refractivity contribution < 1.29 is 9.32 Å². The Labute approximate surface area is 141 Å². The van der Waals surface area contributed by atoms with Gasteiger partial charge in [0.2, 0.25) is 0 Å². The van der Waals surface area contributed by atoms with E-state index in [1.54, 1.807) is 0 Å². The zero-order valence-electron chi connectivity index (χ0n) is 14.3. The molecule has 2 aromatic rings. The molecule has 0 fully saturated rings. The number of hydrogen-bond donors (Lipinski definition) is 1. The summed E-state index contributed by atoms with van der Waals surface area (Å²) in [6.45, 7) is 4.27. The van der Waals surface area contributed by atoms with E-state index in [0.717, 1.165) is 56.3 Å². The number of nitrogens with zero attached hydrogens (tertiary/aromatic N) is 3. The summed E-state index contributed by atoms with van der Waals surface area (Å²) in [5, 5.41) is 11.7. The van der Waals surface area contributed by atoms with Crippen LogP contribution in [0.25, 0.3) is 0 Å². The van der Waals surface area contributed by atoms with Crippen LogP contribution >= 0.6 is 0 Å². The summed E-state index contributed by atoms with van der Waals surface area (Å²) in [5.41, 5.74) is 4.08. The van der Waals surface area contributed by atoms with Crippen LogP contribution in [0.15, 0.2) is 10.7 Å². The third-order valence-corrected chi connectivity index (χ3v) is 5.18. The molecule has 1 atom stereocenters. The molecule has 6 nitrogen and oxygen atoms in total. The molecule has 0 bridgehead atoms. The maximum atomic E-state index is 12.7. The van der Waals surface area contributed by atoms with Crippen molar-refractivity contribution in [3.05, 3.63) is 34.5 Å². The molecule has 0 saturated heterocycles. The fourth-order valence-corrected chi connectivity index (χ4v) is 3.91. The first-order valence-electron chi connectivity index (χ1n) is 8.97. The fourth-order valence-electron chi connectivity index (χ4n) is 3.91. The smallest absolute Gasteiger partial charge is 0.273 e. The largest absolute Gasteiger partial charge is 0.360 e. The van der Waals surface area contributed by atoms with E-state index in [-0.39, 0.29) is 11.9 Å². The molecule has 0 aliphatic heterocycles. The third-order valence-electron chi connectivity index (χ3n) is 5.18. The van der Waals surface area contributed by atoms with Crippen LogP contribution in [0.5, 0.6) is 0 Å². The molecule has 0 aromatic carbocycles. The summed E-state index contributed by atoms with van der Waals surface area (Å²) in [5.74, 6) is 0.807. The molecule has 0 saturated carbocycles. The molecule has 24 heavy (non-hydrogen) atoms. The van der Waals surface area contributed by atoms with Gasteiger partial charge >= 0.3 is 0 Å². The molecule has 0 spiro atoms. The lowest BCUT2D eigenvalue weighted by Gasteiger charge is -2.25. The van der Waals surface area contributed by atoms with Crippen molar-refractivity contribution >= 4 is 5.91 Å². The van der Waals surface area contributed by atoms with Crippen LogP contribution in [0.3, 0.4) is 0 Å². The average Bonchev–Trinajstić information content (AvgIpc) is 3.18. The first-order valence-corrected chi connectivity index (χ1v) is 8.97. The monoisotopic (exact) mass is 328 g/mol. The number of fused-ring (bicyclic) bond motifs is 2. The van der Waals surface area contributed by atoms with E-state index in [9.17, 15) is 4.79 Å². The van der Waals surface area contributed by atoms with Gasteiger partial charge in [-0.15, -0.1) is 0 Å². The maximum absolute atomic E-state index is 12.7. The first-order chi connectivity index (χ1) is 11.6. The van der Waals surface area contributed by atoms with Crippen molar-refractivity contribution in [3.8, 4) is 0 Å². The number of carbonyl (C=O) groups is 1. The summed E-state index contributed by atoms with van der Waals surface area (Å²) in [4.78, 5) is 12.7. The molecule has 1 amide bonds. The van der Waals surface area contributed by atoms with E-state index < -0.39 is 0 Å². The van der Waals surface area contributed by atoms with Crippen molar-refractivity contribution in [2.45, 2.75) is 70.9 Å². The van der Waals surface area contributed by atoms with Crippen molar-refractivity contribution in [2.24, 2.45) is 0 Å². The van der Waals surface area contributed by atoms with Crippen LogP contribution in [-0.2, 0) is 25.7 Å². The molecule has 4 rings (SSSR count). The molecule has 128 valence electrons. The summed E-state index contributed by atoms with van der Waals surface area (Å²) in [6.07, 6.45) is 8.74. The zero-order chi connectivity index (χ0) is 16.7. The van der Waals surface area contributed by atoms with Crippen LogP contribution in [0.1, 0.15) is 72.2 Å². The number of aryl methyl sites for hydroxylation is 2. The highest BCUT2D eigenvalue weighted by molar-refractivity contribution is 5.94. The molecule has 0 radical (unpaired) electrons. The Morgan fingerprint density at radius 1 is 1.33 bits per heavy atom. The topological polar surface area (TPSA) is 73.0 Å². The number of carbonyl (C=O) groups excluding carboxylic acids is 1. The Hall–Kier alpha value is -2.11. The van der Waals surface area contributed by atoms with E-state index in [0.29, 0.717) is 11.7 Å². The third kappa shape index (κ3) is 2.64. The van der Waals surface area contributed by atoms with Gasteiger partial charge in [0.1, 0.15) is 5.76 Å². The summed E-state index contributed by atoms with van der Waals surface area (Å²) < 4.78 is 7.44. The Bertz CT molecular complexity index is 759. The van der Waals surface area contributed by atoms with Gasteiger partial charge in [0, 0.05) is 36.2 Å². The van der Waals surface area contributed by atoms with Crippen LogP contribution in [0, 0.1) is 0 Å². The molecule has 1 N–H and O–H groups in total. The molecule has 2 aliphatic carbocycles. The molecule has 2 aromatic heterocycles.